The second kappa shape index (κ2) is 10.8. The number of nitrogens with zero attached hydrogens (tertiary/aromatic N) is 2. The van der Waals surface area contributed by atoms with Gasteiger partial charge in [0.25, 0.3) is 0 Å². The monoisotopic (exact) mass is 462 g/mol. The Morgan fingerprint density at radius 2 is 1.97 bits per heavy atom. The Labute approximate surface area is 199 Å². The van der Waals surface area contributed by atoms with Crippen molar-refractivity contribution in [1.29, 1.82) is 0 Å². The Morgan fingerprint density at radius 1 is 1.21 bits per heavy atom. The number of carbonyl (C=O) groups is 1. The molecule has 3 aromatic rings. The Balaban J connectivity index is 1.37. The zero-order chi connectivity index (χ0) is 24.0. The van der Waals surface area contributed by atoms with Crippen molar-refractivity contribution in [3.63, 3.8) is 0 Å². The number of carboxylic acid groups (broad SMARTS) is 1. The summed E-state index contributed by atoms with van der Waals surface area (Å²) in [5, 5.41) is 10.8. The van der Waals surface area contributed by atoms with Gasteiger partial charge in [0, 0.05) is 11.9 Å². The summed E-state index contributed by atoms with van der Waals surface area (Å²) in [5.41, 5.74) is 1.69. The van der Waals surface area contributed by atoms with E-state index in [0.29, 0.717) is 48.9 Å². The summed E-state index contributed by atoms with van der Waals surface area (Å²) in [6.07, 6.45) is 8.30. The number of pyridine rings is 1. The van der Waals surface area contributed by atoms with E-state index >= 15 is 0 Å². The highest BCUT2D eigenvalue weighted by Crippen LogP contribution is 2.37. The fraction of sp³-hybridized carbons (Fsp3) is 0.357. The second-order valence-electron chi connectivity index (χ2n) is 9.02. The second-order valence-corrected chi connectivity index (χ2v) is 9.02. The van der Waals surface area contributed by atoms with E-state index in [2.05, 4.69) is 34.2 Å². The predicted molar refractivity (Wildman–Crippen MR) is 132 cm³/mol. The minimum atomic E-state index is -0.753. The number of aryl methyl sites for hydroxylation is 1. The van der Waals surface area contributed by atoms with Crippen LogP contribution in [0.15, 0.2) is 60.8 Å². The van der Waals surface area contributed by atoms with Gasteiger partial charge in [-0.1, -0.05) is 42.5 Å². The van der Waals surface area contributed by atoms with Crippen LogP contribution in [0.2, 0.25) is 0 Å². The summed E-state index contributed by atoms with van der Waals surface area (Å²) in [6.45, 7) is 2.30. The number of benzene rings is 2. The van der Waals surface area contributed by atoms with Crippen molar-refractivity contribution < 1.29 is 19.0 Å². The third-order valence-electron chi connectivity index (χ3n) is 6.96. The lowest BCUT2D eigenvalue weighted by molar-refractivity contribution is -0.152. The molecule has 0 spiro atoms. The highest BCUT2D eigenvalue weighted by Gasteiger charge is 2.40. The van der Waals surface area contributed by atoms with Crippen molar-refractivity contribution in [1.82, 2.24) is 9.88 Å². The molecule has 1 saturated heterocycles. The highest BCUT2D eigenvalue weighted by atomic mass is 19.1. The van der Waals surface area contributed by atoms with Gasteiger partial charge in [0.1, 0.15) is 11.6 Å². The zero-order valence-electron chi connectivity index (χ0n) is 19.5. The van der Waals surface area contributed by atoms with E-state index in [9.17, 15) is 14.3 Å². The molecule has 178 valence electrons. The number of fused-ring (bicyclic) bond motifs is 1. The van der Waals surface area contributed by atoms with E-state index in [1.807, 2.05) is 24.3 Å². The quantitative estimate of drug-likeness (QED) is 0.449. The lowest BCUT2D eigenvalue weighted by Gasteiger charge is -2.38. The van der Waals surface area contributed by atoms with Crippen LogP contribution in [0.3, 0.4) is 0 Å². The van der Waals surface area contributed by atoms with Crippen molar-refractivity contribution in [3.8, 4) is 5.75 Å². The Kier molecular flexibility index (Phi) is 7.58. The number of rotatable bonds is 9. The minimum absolute atomic E-state index is 0.356. The van der Waals surface area contributed by atoms with Gasteiger partial charge in [-0.15, -0.1) is 0 Å². The van der Waals surface area contributed by atoms with Crippen LogP contribution in [-0.2, 0) is 11.2 Å². The van der Waals surface area contributed by atoms with Crippen LogP contribution in [0.1, 0.15) is 36.8 Å². The number of halogens is 1. The van der Waals surface area contributed by atoms with Gasteiger partial charge in [-0.2, -0.15) is 0 Å². The highest BCUT2D eigenvalue weighted by molar-refractivity contribution is 5.83. The van der Waals surface area contributed by atoms with E-state index < -0.39 is 11.4 Å². The third-order valence-corrected chi connectivity index (χ3v) is 6.96. The third kappa shape index (κ3) is 5.45. The number of carboxylic acids is 1. The topological polar surface area (TPSA) is 62.7 Å². The molecule has 5 nitrogen and oxygen atoms in total. The molecule has 0 atom stereocenters. The van der Waals surface area contributed by atoms with E-state index in [0.717, 1.165) is 30.6 Å². The van der Waals surface area contributed by atoms with Gasteiger partial charge in [-0.05, 0) is 74.5 Å². The van der Waals surface area contributed by atoms with Crippen molar-refractivity contribution in [2.24, 2.45) is 5.41 Å². The zero-order valence-corrected chi connectivity index (χ0v) is 19.5. The summed E-state index contributed by atoms with van der Waals surface area (Å²) >= 11 is 0. The molecule has 0 amide bonds. The maximum absolute atomic E-state index is 14.6. The molecule has 4 rings (SSSR count). The van der Waals surface area contributed by atoms with Crippen molar-refractivity contribution in [2.45, 2.75) is 32.1 Å². The molecule has 1 fully saturated rings. The van der Waals surface area contributed by atoms with Crippen molar-refractivity contribution >= 4 is 22.9 Å². The summed E-state index contributed by atoms with van der Waals surface area (Å²) < 4.78 is 19.9. The molecule has 0 aliphatic carbocycles. The van der Waals surface area contributed by atoms with Gasteiger partial charge >= 0.3 is 5.97 Å². The molecule has 0 bridgehead atoms. The number of ether oxygens (including phenoxy) is 1. The molecule has 2 aromatic carbocycles. The van der Waals surface area contributed by atoms with Crippen molar-refractivity contribution in [3.05, 3.63) is 77.7 Å². The molecule has 34 heavy (non-hydrogen) atoms. The molecule has 0 unspecified atom stereocenters. The van der Waals surface area contributed by atoms with Gasteiger partial charge < -0.3 is 9.84 Å². The van der Waals surface area contributed by atoms with Gasteiger partial charge in [0.05, 0.1) is 24.2 Å². The minimum Gasteiger partial charge on any atom is -0.497 e. The Morgan fingerprint density at radius 3 is 2.68 bits per heavy atom. The van der Waals surface area contributed by atoms with E-state index in [1.54, 1.807) is 19.2 Å². The number of hydrogen-bond donors (Lipinski definition) is 1. The van der Waals surface area contributed by atoms with E-state index in [4.69, 9.17) is 4.74 Å². The summed E-state index contributed by atoms with van der Waals surface area (Å²) in [6, 6.07) is 15.6. The smallest absolute Gasteiger partial charge is 0.309 e. The molecule has 1 aromatic heterocycles. The first-order valence-electron chi connectivity index (χ1n) is 11.8. The number of aromatic nitrogens is 1. The predicted octanol–water partition coefficient (Wildman–Crippen LogP) is 5.59. The molecule has 1 aliphatic heterocycles. The average Bonchev–Trinajstić information content (AvgIpc) is 2.86. The lowest BCUT2D eigenvalue weighted by atomic mass is 9.74. The Hall–Kier alpha value is -3.25. The van der Waals surface area contributed by atoms with Crippen LogP contribution in [0.25, 0.3) is 17.0 Å². The molecule has 0 radical (unpaired) electrons. The summed E-state index contributed by atoms with van der Waals surface area (Å²) in [4.78, 5) is 18.7. The van der Waals surface area contributed by atoms with E-state index in [-0.39, 0.29) is 5.82 Å². The normalized spacial score (nSPS) is 16.2. The molecular weight excluding hydrogens is 431 g/mol. The first-order chi connectivity index (χ1) is 16.5. The van der Waals surface area contributed by atoms with Crippen LogP contribution in [0.5, 0.6) is 5.75 Å². The Bertz CT molecular complexity index is 1160. The maximum Gasteiger partial charge on any atom is 0.309 e. The molecule has 6 heteroatoms. The van der Waals surface area contributed by atoms with E-state index in [1.165, 1.54) is 6.20 Å². The number of hydrogen-bond acceptors (Lipinski definition) is 4. The number of methoxy groups -OCH3 is 1. The van der Waals surface area contributed by atoms with Gasteiger partial charge in [0.15, 0.2) is 0 Å². The van der Waals surface area contributed by atoms with Crippen LogP contribution in [-0.4, -0.2) is 47.7 Å². The summed E-state index contributed by atoms with van der Waals surface area (Å²) in [5.74, 6) is -0.448. The van der Waals surface area contributed by atoms with Gasteiger partial charge in [0.2, 0.25) is 0 Å². The van der Waals surface area contributed by atoms with Crippen LogP contribution in [0, 0.1) is 11.2 Å². The van der Waals surface area contributed by atoms with Gasteiger partial charge in [-0.25, -0.2) is 4.39 Å². The first-order valence-corrected chi connectivity index (χ1v) is 11.8. The molecular formula is C28H31FN2O3. The largest absolute Gasteiger partial charge is 0.497 e. The van der Waals surface area contributed by atoms with Crippen LogP contribution in [0.4, 0.5) is 4.39 Å². The van der Waals surface area contributed by atoms with Crippen molar-refractivity contribution in [2.75, 3.05) is 26.7 Å². The first kappa shape index (κ1) is 23.9. The summed E-state index contributed by atoms with van der Waals surface area (Å²) in [7, 11) is 1.58. The molecule has 0 saturated carbocycles. The average molecular weight is 463 g/mol. The molecule has 2 heterocycles. The fourth-order valence-electron chi connectivity index (χ4n) is 4.82. The molecule has 1 aliphatic rings. The lowest BCUT2D eigenvalue weighted by Crippen LogP contribution is -2.44. The number of aliphatic carboxylic acids is 1. The number of piperidine rings is 1. The molecule has 1 N–H and O–H groups in total. The van der Waals surface area contributed by atoms with Gasteiger partial charge in [-0.3, -0.25) is 14.7 Å². The standard InChI is InChI=1S/C28H31FN2O3/c1-34-22-11-12-26-24(19-22)23(25(29)20-30-26)10-5-13-28(27(32)33)14-17-31(18-15-28)16-6-9-21-7-3-2-4-8-21/h2-4,6-9,11-12,19-20H,5,10,13-18H2,1H3,(H,32,33). The van der Waals surface area contributed by atoms with Crippen LogP contribution < -0.4 is 4.74 Å². The number of likely N-dealkylation sites (tertiary alicyclic amines) is 1. The maximum atomic E-state index is 14.6. The SMILES string of the molecule is COc1ccc2ncc(F)c(CCCC3(C(=O)O)CCN(CC=Cc4ccccc4)CC3)c2c1. The van der Waals surface area contributed by atoms with Crippen LogP contribution >= 0.6 is 0 Å². The fourth-order valence-corrected chi connectivity index (χ4v) is 4.82.